The molecule has 0 aliphatic carbocycles. The molecule has 0 N–H and O–H groups in total. The first kappa shape index (κ1) is 30.0. The molecular weight excluding hydrogens is 556 g/mol. The number of benzene rings is 2. The first-order valence-corrected chi connectivity index (χ1v) is 14.1. The molecule has 0 spiro atoms. The third-order valence-corrected chi connectivity index (χ3v) is 7.14. The highest BCUT2D eigenvalue weighted by Gasteiger charge is 2.16. The van der Waals surface area contributed by atoms with Crippen molar-refractivity contribution in [3.63, 3.8) is 0 Å². The van der Waals surface area contributed by atoms with Crippen molar-refractivity contribution in [3.05, 3.63) is 129 Å². The van der Waals surface area contributed by atoms with E-state index >= 15 is 0 Å². The number of hydrogen-bond donors (Lipinski definition) is 0. The molecule has 4 aromatic rings. The third kappa shape index (κ3) is 9.95. The van der Waals surface area contributed by atoms with Crippen LogP contribution in [-0.2, 0) is 0 Å². The highest BCUT2D eigenvalue weighted by atomic mass is 79.9. The van der Waals surface area contributed by atoms with Crippen LogP contribution < -0.4 is 0 Å². The average molecular weight is 594 g/mol. The van der Waals surface area contributed by atoms with Crippen LogP contribution in [-0.4, -0.2) is 61.0 Å². The largest absolute Gasteiger partial charge is 0.309 e. The lowest BCUT2D eigenvalue weighted by molar-refractivity contribution is 0.389. The highest BCUT2D eigenvalue weighted by Crippen LogP contribution is 2.28. The molecule has 0 aliphatic heterocycles. The van der Waals surface area contributed by atoms with Gasteiger partial charge in [0, 0.05) is 45.1 Å². The summed E-state index contributed by atoms with van der Waals surface area (Å²) in [5.74, 6) is 0.678. The predicted molar refractivity (Wildman–Crippen MR) is 164 cm³/mol. The minimum Gasteiger partial charge on any atom is -0.309 e. The van der Waals surface area contributed by atoms with Gasteiger partial charge in [-0.15, -0.1) is 0 Å². The van der Waals surface area contributed by atoms with Gasteiger partial charge in [-0.2, -0.15) is 0 Å². The summed E-state index contributed by atoms with van der Waals surface area (Å²) in [6.45, 7) is 2.08. The van der Waals surface area contributed by atoms with Gasteiger partial charge in [0.2, 0.25) is 0 Å². The van der Waals surface area contributed by atoms with E-state index in [2.05, 4.69) is 118 Å². The molecule has 2 aromatic heterocycles. The number of aromatic nitrogens is 2. The van der Waals surface area contributed by atoms with E-state index in [1.807, 2.05) is 42.7 Å². The zero-order valence-corrected chi connectivity index (χ0v) is 25.1. The molecule has 0 radical (unpaired) electrons. The van der Waals surface area contributed by atoms with Gasteiger partial charge < -0.3 is 9.80 Å². The smallest absolute Gasteiger partial charge is 0.0478 e. The summed E-state index contributed by atoms with van der Waals surface area (Å²) in [4.78, 5) is 13.4. The van der Waals surface area contributed by atoms with E-state index in [0.717, 1.165) is 46.8 Å². The van der Waals surface area contributed by atoms with Crippen LogP contribution in [0.5, 0.6) is 0 Å². The summed E-state index contributed by atoms with van der Waals surface area (Å²) < 4.78 is 1.11. The second kappa shape index (κ2) is 15.7. The zero-order chi connectivity index (χ0) is 27.3. The molecule has 2 atom stereocenters. The Hall–Kier alpha value is -2.57. The lowest BCUT2D eigenvalue weighted by Crippen LogP contribution is -2.17. The molecule has 0 saturated carbocycles. The van der Waals surface area contributed by atoms with Gasteiger partial charge in [0.1, 0.15) is 0 Å². The Morgan fingerprint density at radius 3 is 1.42 bits per heavy atom. The van der Waals surface area contributed by atoms with Gasteiger partial charge in [0.25, 0.3) is 0 Å². The first-order chi connectivity index (χ1) is 18.3. The standard InChI is InChI=1S/C16H19BrN2.C16H19ClN2/c2*1-19(2)12-10-15(16-5-3-4-11-18-16)13-6-8-14(17)9-7-13/h2*3-9,11,15H,10,12H2,1-2H3/t2*15-/m00/s1. The molecule has 2 heterocycles. The van der Waals surface area contributed by atoms with Gasteiger partial charge in [-0.3, -0.25) is 9.97 Å². The van der Waals surface area contributed by atoms with Gasteiger partial charge in [0.05, 0.1) is 0 Å². The second-order valence-corrected chi connectivity index (χ2v) is 11.3. The van der Waals surface area contributed by atoms with Gasteiger partial charge in [-0.1, -0.05) is 63.9 Å². The molecule has 0 bridgehead atoms. The fraction of sp³-hybridized carbons (Fsp3) is 0.312. The number of halogens is 2. The quantitative estimate of drug-likeness (QED) is 0.188. The predicted octanol–water partition coefficient (Wildman–Crippen LogP) is 7.75. The van der Waals surface area contributed by atoms with Gasteiger partial charge in [-0.05, 0) is 114 Å². The van der Waals surface area contributed by atoms with Gasteiger partial charge in [0.15, 0.2) is 0 Å². The first-order valence-electron chi connectivity index (χ1n) is 13.0. The van der Waals surface area contributed by atoms with Crippen LogP contribution in [0.3, 0.4) is 0 Å². The number of nitrogens with zero attached hydrogens (tertiary/aromatic N) is 4. The summed E-state index contributed by atoms with van der Waals surface area (Å²) >= 11 is 9.46. The Morgan fingerprint density at radius 1 is 0.632 bits per heavy atom. The fourth-order valence-electron chi connectivity index (χ4n) is 4.30. The molecule has 4 rings (SSSR count). The maximum Gasteiger partial charge on any atom is 0.0478 e. The molecule has 38 heavy (non-hydrogen) atoms. The fourth-order valence-corrected chi connectivity index (χ4v) is 4.69. The third-order valence-electron chi connectivity index (χ3n) is 6.36. The average Bonchev–Trinajstić information content (AvgIpc) is 2.92. The monoisotopic (exact) mass is 592 g/mol. The Balaban J connectivity index is 0.000000211. The molecule has 4 nitrogen and oxygen atoms in total. The van der Waals surface area contributed by atoms with Crippen molar-refractivity contribution >= 4 is 27.5 Å². The molecule has 6 heteroatoms. The minimum absolute atomic E-state index is 0.320. The normalized spacial score (nSPS) is 12.6. The van der Waals surface area contributed by atoms with E-state index in [1.54, 1.807) is 0 Å². The summed E-state index contributed by atoms with van der Waals surface area (Å²) in [6, 6.07) is 28.9. The lowest BCUT2D eigenvalue weighted by Gasteiger charge is -2.19. The maximum atomic E-state index is 5.97. The van der Waals surface area contributed by atoms with Gasteiger partial charge >= 0.3 is 0 Å². The van der Waals surface area contributed by atoms with Crippen molar-refractivity contribution in [1.29, 1.82) is 0 Å². The van der Waals surface area contributed by atoms with Crippen LogP contribution >= 0.6 is 27.5 Å². The van der Waals surface area contributed by atoms with Crippen LogP contribution in [0.1, 0.15) is 47.2 Å². The zero-order valence-electron chi connectivity index (χ0n) is 22.8. The molecule has 2 aromatic carbocycles. The Bertz CT molecular complexity index is 1090. The number of pyridine rings is 2. The van der Waals surface area contributed by atoms with Crippen LogP contribution in [0.25, 0.3) is 0 Å². The van der Waals surface area contributed by atoms with E-state index < -0.39 is 0 Å². The molecule has 0 aliphatic rings. The summed E-state index contributed by atoms with van der Waals surface area (Å²) in [5.41, 5.74) is 4.85. The van der Waals surface area contributed by atoms with Crippen molar-refractivity contribution in [2.45, 2.75) is 24.7 Å². The number of rotatable bonds is 10. The summed E-state index contributed by atoms with van der Waals surface area (Å²) in [7, 11) is 8.41. The highest BCUT2D eigenvalue weighted by molar-refractivity contribution is 9.10. The topological polar surface area (TPSA) is 32.3 Å². The molecule has 200 valence electrons. The maximum absolute atomic E-state index is 5.97. The lowest BCUT2D eigenvalue weighted by atomic mass is 9.92. The van der Waals surface area contributed by atoms with Crippen LogP contribution in [0.2, 0.25) is 5.02 Å². The Labute approximate surface area is 241 Å². The Morgan fingerprint density at radius 2 is 1.05 bits per heavy atom. The summed E-state index contributed by atoms with van der Waals surface area (Å²) in [6.07, 6.45) is 5.85. The van der Waals surface area contributed by atoms with Crippen molar-refractivity contribution in [2.24, 2.45) is 0 Å². The van der Waals surface area contributed by atoms with Crippen molar-refractivity contribution in [2.75, 3.05) is 41.3 Å². The number of hydrogen-bond acceptors (Lipinski definition) is 4. The molecule has 0 amide bonds. The van der Waals surface area contributed by atoms with Crippen molar-refractivity contribution in [3.8, 4) is 0 Å². The second-order valence-electron chi connectivity index (χ2n) is 9.90. The summed E-state index contributed by atoms with van der Waals surface area (Å²) in [5, 5.41) is 0.774. The van der Waals surface area contributed by atoms with Crippen molar-refractivity contribution < 1.29 is 0 Å². The molecule has 0 unspecified atom stereocenters. The van der Waals surface area contributed by atoms with Crippen molar-refractivity contribution in [1.82, 2.24) is 19.8 Å². The van der Waals surface area contributed by atoms with E-state index in [1.165, 1.54) is 11.1 Å². The Kier molecular flexibility index (Phi) is 12.4. The van der Waals surface area contributed by atoms with E-state index in [-0.39, 0.29) is 0 Å². The minimum atomic E-state index is 0.320. The van der Waals surface area contributed by atoms with Crippen LogP contribution in [0.15, 0.2) is 102 Å². The van der Waals surface area contributed by atoms with E-state index in [0.29, 0.717) is 11.8 Å². The van der Waals surface area contributed by atoms with E-state index in [4.69, 9.17) is 11.6 Å². The van der Waals surface area contributed by atoms with Crippen LogP contribution in [0, 0.1) is 0 Å². The SMILES string of the molecule is CN(C)CC[C@@H](c1ccc(Br)cc1)c1ccccn1.CN(C)CC[C@@H](c1ccc(Cl)cc1)c1ccccn1. The molecular formula is C32H38BrClN4. The van der Waals surface area contributed by atoms with Crippen LogP contribution in [0.4, 0.5) is 0 Å². The van der Waals surface area contributed by atoms with Gasteiger partial charge in [-0.25, -0.2) is 0 Å². The molecule has 0 fully saturated rings. The molecule has 0 saturated heterocycles. The van der Waals surface area contributed by atoms with E-state index in [9.17, 15) is 0 Å².